The Morgan fingerprint density at radius 2 is 2.20 bits per heavy atom. The number of hydrogen-bond acceptors (Lipinski definition) is 1. The second kappa shape index (κ2) is 4.28. The first-order valence-electron chi connectivity index (χ1n) is 5.27. The van der Waals surface area contributed by atoms with Crippen LogP contribution in [0.2, 0.25) is 5.02 Å². The smallest absolute Gasteiger partial charge is 0.0773 e. The molecule has 3 radical (unpaired) electrons. The molecule has 2 rings (SSSR count). The minimum atomic E-state index is -0.324. The topological polar surface area (TPSA) is 9.23 Å². The third-order valence-electron chi connectivity index (χ3n) is 2.91. The molecule has 0 aromatic heterocycles. The summed E-state index contributed by atoms with van der Waals surface area (Å²) in [7, 11) is 3.74. The van der Waals surface area contributed by atoms with Gasteiger partial charge >= 0.3 is 0 Å². The molecule has 1 aliphatic heterocycles. The van der Waals surface area contributed by atoms with Gasteiger partial charge in [0.05, 0.1) is 15.5 Å². The molecular formula is C12H14ClOSi. The van der Waals surface area contributed by atoms with E-state index in [4.69, 9.17) is 16.3 Å². The number of aryl methyl sites for hydroxylation is 1. The molecule has 1 saturated heterocycles. The molecule has 0 saturated carbocycles. The van der Waals surface area contributed by atoms with E-state index in [2.05, 4.69) is 16.3 Å². The Bertz CT molecular complexity index is 359. The highest BCUT2D eigenvalue weighted by Gasteiger charge is 2.30. The van der Waals surface area contributed by atoms with Crippen LogP contribution < -0.4 is 0 Å². The van der Waals surface area contributed by atoms with E-state index in [1.165, 1.54) is 6.42 Å². The fourth-order valence-corrected chi connectivity index (χ4v) is 2.48. The van der Waals surface area contributed by atoms with E-state index in [9.17, 15) is 0 Å². The Morgan fingerprint density at radius 3 is 2.80 bits per heavy atom. The molecule has 15 heavy (non-hydrogen) atoms. The summed E-state index contributed by atoms with van der Waals surface area (Å²) in [6.07, 6.45) is 3.34. The second-order valence-corrected chi connectivity index (χ2v) is 5.31. The molecule has 1 unspecified atom stereocenters. The molecule has 1 heterocycles. The van der Waals surface area contributed by atoms with Crippen molar-refractivity contribution in [3.63, 3.8) is 0 Å². The van der Waals surface area contributed by atoms with Crippen LogP contribution in [0.5, 0.6) is 0 Å². The summed E-state index contributed by atoms with van der Waals surface area (Å²) in [4.78, 5) is 0. The van der Waals surface area contributed by atoms with Crippen molar-refractivity contribution in [2.75, 3.05) is 6.61 Å². The van der Waals surface area contributed by atoms with Crippen LogP contribution in [0.25, 0.3) is 0 Å². The van der Waals surface area contributed by atoms with Crippen molar-refractivity contribution in [1.82, 2.24) is 0 Å². The fraction of sp³-hybridized carbons (Fsp3) is 0.500. The summed E-state index contributed by atoms with van der Waals surface area (Å²) in [5, 5.41) is 0.481. The van der Waals surface area contributed by atoms with Gasteiger partial charge in [0.15, 0.2) is 0 Å². The molecule has 0 aliphatic carbocycles. The largest absolute Gasteiger partial charge is 0.375 e. The molecule has 0 N–H and O–H groups in total. The monoisotopic (exact) mass is 237 g/mol. The van der Waals surface area contributed by atoms with Gasteiger partial charge in [-0.3, -0.25) is 0 Å². The van der Waals surface area contributed by atoms with Gasteiger partial charge in [-0.25, -0.2) is 0 Å². The van der Waals surface area contributed by atoms with Crippen LogP contribution in [-0.4, -0.2) is 16.8 Å². The van der Waals surface area contributed by atoms with Crippen LogP contribution in [0.4, 0.5) is 0 Å². The molecule has 1 fully saturated rings. The van der Waals surface area contributed by atoms with Gasteiger partial charge in [0.1, 0.15) is 0 Å². The van der Waals surface area contributed by atoms with E-state index in [0.717, 1.165) is 35.6 Å². The molecule has 1 aromatic carbocycles. The third-order valence-corrected chi connectivity index (χ3v) is 4.00. The lowest BCUT2D eigenvalue weighted by Crippen LogP contribution is -2.33. The highest BCUT2D eigenvalue weighted by Crippen LogP contribution is 2.33. The lowest BCUT2D eigenvalue weighted by Gasteiger charge is -2.34. The summed E-state index contributed by atoms with van der Waals surface area (Å²) in [5.74, 6) is 0. The van der Waals surface area contributed by atoms with Gasteiger partial charge in [0.2, 0.25) is 0 Å². The van der Waals surface area contributed by atoms with E-state index < -0.39 is 0 Å². The minimum absolute atomic E-state index is 0.324. The third kappa shape index (κ3) is 2.27. The van der Waals surface area contributed by atoms with Gasteiger partial charge in [-0.15, -0.1) is 0 Å². The fourth-order valence-electron chi connectivity index (χ4n) is 1.87. The van der Waals surface area contributed by atoms with Crippen molar-refractivity contribution in [1.29, 1.82) is 0 Å². The predicted molar refractivity (Wildman–Crippen MR) is 63.4 cm³/mol. The highest BCUT2D eigenvalue weighted by molar-refractivity contribution is 6.31. The van der Waals surface area contributed by atoms with Crippen molar-refractivity contribution in [3.05, 3.63) is 34.3 Å². The minimum Gasteiger partial charge on any atom is -0.375 e. The van der Waals surface area contributed by atoms with E-state index in [-0.39, 0.29) is 5.22 Å². The molecular weight excluding hydrogens is 224 g/mol. The van der Waals surface area contributed by atoms with E-state index in [1.54, 1.807) is 0 Å². The zero-order chi connectivity index (χ0) is 10.9. The molecule has 3 heteroatoms. The Kier molecular flexibility index (Phi) is 3.19. The summed E-state index contributed by atoms with van der Waals surface area (Å²) in [5.41, 5.74) is 2.22. The molecule has 1 aromatic rings. The van der Waals surface area contributed by atoms with Crippen LogP contribution in [0.15, 0.2) is 18.2 Å². The first-order valence-corrected chi connectivity index (χ1v) is 6.15. The van der Waals surface area contributed by atoms with Crippen LogP contribution in [0.3, 0.4) is 0 Å². The molecule has 1 aliphatic rings. The highest BCUT2D eigenvalue weighted by atomic mass is 35.5. The first-order chi connectivity index (χ1) is 7.12. The molecule has 1 atom stereocenters. The maximum absolute atomic E-state index is 6.12. The van der Waals surface area contributed by atoms with E-state index in [0.29, 0.717) is 0 Å². The maximum atomic E-state index is 6.12. The average Bonchev–Trinajstić information content (AvgIpc) is 2.23. The van der Waals surface area contributed by atoms with Crippen molar-refractivity contribution >= 4 is 21.8 Å². The van der Waals surface area contributed by atoms with Crippen LogP contribution >= 0.6 is 11.6 Å². The predicted octanol–water partition coefficient (Wildman–Crippen LogP) is 3.17. The molecule has 0 bridgehead atoms. The normalized spacial score (nSPS) is 26.6. The molecule has 0 spiro atoms. The SMILES string of the molecule is Cc1ccc(C2([Si])CCCCO2)cc1Cl. The van der Waals surface area contributed by atoms with Crippen molar-refractivity contribution in [3.8, 4) is 0 Å². The zero-order valence-electron chi connectivity index (χ0n) is 8.85. The number of ether oxygens (including phenoxy) is 1. The van der Waals surface area contributed by atoms with Crippen molar-refractivity contribution in [2.24, 2.45) is 0 Å². The van der Waals surface area contributed by atoms with Gasteiger partial charge < -0.3 is 4.74 Å². The standard InChI is InChI=1S/C12H14ClOSi/c1-9-4-5-10(8-11(9)13)12(15)6-2-3-7-14-12/h4-5,8H,2-3,6-7H2,1H3. The molecule has 0 amide bonds. The van der Waals surface area contributed by atoms with Gasteiger partial charge in [0, 0.05) is 11.6 Å². The van der Waals surface area contributed by atoms with Crippen molar-refractivity contribution in [2.45, 2.75) is 31.4 Å². The Morgan fingerprint density at radius 1 is 1.40 bits per heavy atom. The quantitative estimate of drug-likeness (QED) is 0.682. The van der Waals surface area contributed by atoms with Crippen LogP contribution in [0.1, 0.15) is 30.4 Å². The lowest BCUT2D eigenvalue weighted by molar-refractivity contribution is -0.0210. The average molecular weight is 238 g/mol. The first kappa shape index (κ1) is 11.2. The Hall–Kier alpha value is -0.313. The van der Waals surface area contributed by atoms with Crippen LogP contribution in [-0.2, 0) is 9.96 Å². The van der Waals surface area contributed by atoms with E-state index in [1.807, 2.05) is 19.1 Å². The van der Waals surface area contributed by atoms with Gasteiger partial charge in [-0.2, -0.15) is 0 Å². The van der Waals surface area contributed by atoms with Gasteiger partial charge in [-0.1, -0.05) is 23.7 Å². The van der Waals surface area contributed by atoms with Crippen molar-refractivity contribution < 1.29 is 4.74 Å². The van der Waals surface area contributed by atoms with E-state index >= 15 is 0 Å². The number of benzene rings is 1. The molecule has 1 nitrogen and oxygen atoms in total. The number of rotatable bonds is 1. The Labute approximate surface area is 99.2 Å². The number of hydrogen-bond donors (Lipinski definition) is 0. The lowest BCUT2D eigenvalue weighted by atomic mass is 9.99. The summed E-state index contributed by atoms with van der Waals surface area (Å²) >= 11 is 6.12. The summed E-state index contributed by atoms with van der Waals surface area (Å²) < 4.78 is 5.80. The zero-order valence-corrected chi connectivity index (χ0v) is 10.6. The van der Waals surface area contributed by atoms with Gasteiger partial charge in [-0.05, 0) is 43.4 Å². The summed E-state index contributed by atoms with van der Waals surface area (Å²) in [6.45, 7) is 2.82. The summed E-state index contributed by atoms with van der Waals surface area (Å²) in [6, 6.07) is 6.12. The van der Waals surface area contributed by atoms with Gasteiger partial charge in [0.25, 0.3) is 0 Å². The maximum Gasteiger partial charge on any atom is 0.0773 e. The molecule has 79 valence electrons. The van der Waals surface area contributed by atoms with Crippen LogP contribution in [0, 0.1) is 6.92 Å². The number of halogens is 1. The Balaban J connectivity index is 2.31. The second-order valence-electron chi connectivity index (χ2n) is 4.10.